The Hall–Kier alpha value is -1.32. The van der Waals surface area contributed by atoms with Gasteiger partial charge in [0.25, 0.3) is 0 Å². The quantitative estimate of drug-likeness (QED) is 0.871. The highest BCUT2D eigenvalue weighted by atomic mass is 35.5. The maximum Gasteiger partial charge on any atom is 0.151 e. The molecule has 0 atom stereocenters. The molecule has 0 spiro atoms. The van der Waals surface area contributed by atoms with Crippen molar-refractivity contribution in [3.05, 3.63) is 42.2 Å². The van der Waals surface area contributed by atoms with E-state index in [-0.39, 0.29) is 12.4 Å². The SMILES string of the molecule is CNCc1cc(-c2ccccc2)no1.Cl. The summed E-state index contributed by atoms with van der Waals surface area (Å²) >= 11 is 0. The molecule has 1 heterocycles. The van der Waals surface area contributed by atoms with E-state index >= 15 is 0 Å². The Balaban J connectivity index is 0.00000112. The van der Waals surface area contributed by atoms with Gasteiger partial charge in [-0.25, -0.2) is 0 Å². The van der Waals surface area contributed by atoms with Crippen LogP contribution in [-0.4, -0.2) is 12.2 Å². The third-order valence-corrected chi connectivity index (χ3v) is 1.98. The first-order chi connectivity index (χ1) is 6.90. The minimum atomic E-state index is 0. The van der Waals surface area contributed by atoms with Gasteiger partial charge < -0.3 is 9.84 Å². The molecule has 0 fully saturated rings. The summed E-state index contributed by atoms with van der Waals surface area (Å²) in [7, 11) is 1.88. The average Bonchev–Trinajstić information content (AvgIpc) is 2.68. The van der Waals surface area contributed by atoms with Crippen molar-refractivity contribution < 1.29 is 4.52 Å². The van der Waals surface area contributed by atoms with E-state index in [0.717, 1.165) is 17.0 Å². The lowest BCUT2D eigenvalue weighted by atomic mass is 10.1. The second kappa shape index (κ2) is 5.53. The summed E-state index contributed by atoms with van der Waals surface area (Å²) in [6.45, 7) is 0.708. The van der Waals surface area contributed by atoms with Crippen molar-refractivity contribution in [2.45, 2.75) is 6.54 Å². The van der Waals surface area contributed by atoms with Gasteiger partial charge in [-0.1, -0.05) is 35.5 Å². The smallest absolute Gasteiger partial charge is 0.151 e. The molecule has 1 N–H and O–H groups in total. The minimum absolute atomic E-state index is 0. The Bertz CT molecular complexity index is 400. The molecule has 0 bridgehead atoms. The number of aromatic nitrogens is 1. The Morgan fingerprint density at radius 2 is 2.00 bits per heavy atom. The second-order valence-electron chi connectivity index (χ2n) is 3.07. The Labute approximate surface area is 94.9 Å². The molecular weight excluding hydrogens is 212 g/mol. The first-order valence-electron chi connectivity index (χ1n) is 4.56. The van der Waals surface area contributed by atoms with Crippen molar-refractivity contribution in [2.75, 3.05) is 7.05 Å². The molecule has 2 aromatic rings. The first kappa shape index (κ1) is 11.8. The lowest BCUT2D eigenvalue weighted by Crippen LogP contribution is -2.03. The van der Waals surface area contributed by atoms with Crippen LogP contribution in [0.1, 0.15) is 5.76 Å². The molecule has 1 aromatic heterocycles. The van der Waals surface area contributed by atoms with Crippen molar-refractivity contribution in [3.8, 4) is 11.3 Å². The van der Waals surface area contributed by atoms with E-state index in [1.807, 2.05) is 43.4 Å². The van der Waals surface area contributed by atoms with Crippen molar-refractivity contribution in [1.29, 1.82) is 0 Å². The van der Waals surface area contributed by atoms with Gasteiger partial charge in [-0.2, -0.15) is 0 Å². The summed E-state index contributed by atoms with van der Waals surface area (Å²) in [5.41, 5.74) is 1.97. The molecule has 0 amide bonds. The first-order valence-corrected chi connectivity index (χ1v) is 4.56. The molecular formula is C11H13ClN2O. The van der Waals surface area contributed by atoms with Crippen LogP contribution >= 0.6 is 12.4 Å². The van der Waals surface area contributed by atoms with E-state index in [4.69, 9.17) is 4.52 Å². The number of nitrogens with zero attached hydrogens (tertiary/aromatic N) is 1. The summed E-state index contributed by atoms with van der Waals surface area (Å²) in [6, 6.07) is 11.9. The average molecular weight is 225 g/mol. The number of rotatable bonds is 3. The molecule has 0 aliphatic heterocycles. The highest BCUT2D eigenvalue weighted by Gasteiger charge is 2.04. The number of hydrogen-bond donors (Lipinski definition) is 1. The van der Waals surface area contributed by atoms with Crippen LogP contribution in [0.3, 0.4) is 0 Å². The maximum atomic E-state index is 5.15. The topological polar surface area (TPSA) is 38.1 Å². The van der Waals surface area contributed by atoms with E-state index in [1.165, 1.54) is 0 Å². The standard InChI is InChI=1S/C11H12N2O.ClH/c1-12-8-10-7-11(13-14-10)9-5-3-2-4-6-9;/h2-7,12H,8H2,1H3;1H. The normalized spacial score (nSPS) is 9.67. The molecule has 15 heavy (non-hydrogen) atoms. The molecule has 3 nitrogen and oxygen atoms in total. The van der Waals surface area contributed by atoms with Gasteiger partial charge in [0, 0.05) is 11.6 Å². The zero-order valence-electron chi connectivity index (χ0n) is 8.43. The maximum absolute atomic E-state index is 5.15. The van der Waals surface area contributed by atoms with Gasteiger partial charge in [0.2, 0.25) is 0 Å². The zero-order valence-corrected chi connectivity index (χ0v) is 9.25. The molecule has 4 heteroatoms. The highest BCUT2D eigenvalue weighted by molar-refractivity contribution is 5.85. The molecule has 0 unspecified atom stereocenters. The van der Waals surface area contributed by atoms with Crippen LogP contribution in [0.15, 0.2) is 40.9 Å². The van der Waals surface area contributed by atoms with Crippen LogP contribution in [0.25, 0.3) is 11.3 Å². The van der Waals surface area contributed by atoms with Crippen molar-refractivity contribution in [2.24, 2.45) is 0 Å². The van der Waals surface area contributed by atoms with Crippen molar-refractivity contribution in [1.82, 2.24) is 10.5 Å². The largest absolute Gasteiger partial charge is 0.359 e. The number of benzene rings is 1. The van der Waals surface area contributed by atoms with Gasteiger partial charge in [-0.3, -0.25) is 0 Å². The van der Waals surface area contributed by atoms with Crippen LogP contribution < -0.4 is 5.32 Å². The number of nitrogens with one attached hydrogen (secondary N) is 1. The summed E-state index contributed by atoms with van der Waals surface area (Å²) in [5.74, 6) is 0.853. The number of hydrogen-bond acceptors (Lipinski definition) is 3. The Morgan fingerprint density at radius 1 is 1.27 bits per heavy atom. The van der Waals surface area contributed by atoms with Gasteiger partial charge in [0.15, 0.2) is 5.76 Å². The summed E-state index contributed by atoms with van der Waals surface area (Å²) < 4.78 is 5.15. The van der Waals surface area contributed by atoms with E-state index in [9.17, 15) is 0 Å². The van der Waals surface area contributed by atoms with Crippen LogP contribution in [0, 0.1) is 0 Å². The van der Waals surface area contributed by atoms with Gasteiger partial charge in [0.1, 0.15) is 5.69 Å². The predicted octanol–water partition coefficient (Wildman–Crippen LogP) is 2.48. The van der Waals surface area contributed by atoms with E-state index < -0.39 is 0 Å². The second-order valence-corrected chi connectivity index (χ2v) is 3.07. The predicted molar refractivity (Wildman–Crippen MR) is 62.0 cm³/mol. The van der Waals surface area contributed by atoms with Crippen LogP contribution in [0.5, 0.6) is 0 Å². The summed E-state index contributed by atoms with van der Waals surface area (Å²) in [4.78, 5) is 0. The fourth-order valence-corrected chi connectivity index (χ4v) is 1.32. The summed E-state index contributed by atoms with van der Waals surface area (Å²) in [5, 5.41) is 7.01. The zero-order chi connectivity index (χ0) is 9.80. The Morgan fingerprint density at radius 3 is 2.67 bits per heavy atom. The van der Waals surface area contributed by atoms with E-state index in [2.05, 4.69) is 10.5 Å². The molecule has 80 valence electrons. The summed E-state index contributed by atoms with van der Waals surface area (Å²) in [6.07, 6.45) is 0. The van der Waals surface area contributed by atoms with Gasteiger partial charge in [-0.05, 0) is 7.05 Å². The van der Waals surface area contributed by atoms with Crippen molar-refractivity contribution >= 4 is 12.4 Å². The lowest BCUT2D eigenvalue weighted by Gasteiger charge is -1.91. The molecule has 0 radical (unpaired) electrons. The lowest BCUT2D eigenvalue weighted by molar-refractivity contribution is 0.379. The van der Waals surface area contributed by atoms with E-state index in [0.29, 0.717) is 6.54 Å². The minimum Gasteiger partial charge on any atom is -0.359 e. The van der Waals surface area contributed by atoms with Crippen LogP contribution in [-0.2, 0) is 6.54 Å². The fraction of sp³-hybridized carbons (Fsp3) is 0.182. The van der Waals surface area contributed by atoms with Gasteiger partial charge in [0.05, 0.1) is 6.54 Å². The monoisotopic (exact) mass is 224 g/mol. The van der Waals surface area contributed by atoms with Gasteiger partial charge in [-0.15, -0.1) is 12.4 Å². The van der Waals surface area contributed by atoms with E-state index in [1.54, 1.807) is 0 Å². The molecule has 2 rings (SSSR count). The fourth-order valence-electron chi connectivity index (χ4n) is 1.32. The van der Waals surface area contributed by atoms with Gasteiger partial charge >= 0.3 is 0 Å². The molecule has 1 aromatic carbocycles. The third-order valence-electron chi connectivity index (χ3n) is 1.98. The van der Waals surface area contributed by atoms with Crippen LogP contribution in [0.2, 0.25) is 0 Å². The molecule has 0 aliphatic carbocycles. The molecule has 0 aliphatic rings. The highest BCUT2D eigenvalue weighted by Crippen LogP contribution is 2.18. The van der Waals surface area contributed by atoms with Crippen LogP contribution in [0.4, 0.5) is 0 Å². The number of halogens is 1. The molecule has 0 saturated carbocycles. The Kier molecular flexibility index (Phi) is 4.34. The van der Waals surface area contributed by atoms with Crippen molar-refractivity contribution in [3.63, 3.8) is 0 Å². The molecule has 0 saturated heterocycles. The third kappa shape index (κ3) is 2.81.